The summed E-state index contributed by atoms with van der Waals surface area (Å²) in [6, 6.07) is 11.5. The van der Waals surface area contributed by atoms with Gasteiger partial charge in [0.15, 0.2) is 0 Å². The molecule has 0 heterocycles. The maximum atomic E-state index is 9.41. The predicted octanol–water partition coefficient (Wildman–Crippen LogP) is 2.17. The summed E-state index contributed by atoms with van der Waals surface area (Å²) in [7, 11) is 0. The van der Waals surface area contributed by atoms with E-state index in [9.17, 15) is 5.11 Å². The van der Waals surface area contributed by atoms with Crippen LogP contribution in [0.4, 0.5) is 22.7 Å². The van der Waals surface area contributed by atoms with E-state index in [0.29, 0.717) is 28.3 Å². The van der Waals surface area contributed by atoms with Crippen molar-refractivity contribution in [2.75, 3.05) is 16.8 Å². The highest BCUT2D eigenvalue weighted by atomic mass is 16.3. The van der Waals surface area contributed by atoms with Gasteiger partial charge in [0.2, 0.25) is 0 Å². The van der Waals surface area contributed by atoms with E-state index in [4.69, 9.17) is 16.7 Å². The molecule has 0 aliphatic carbocycles. The normalized spacial score (nSPS) is 9.72. The Morgan fingerprint density at radius 3 is 2.56 bits per heavy atom. The van der Waals surface area contributed by atoms with Crippen molar-refractivity contribution in [1.29, 1.82) is 5.26 Å². The van der Waals surface area contributed by atoms with E-state index >= 15 is 0 Å². The lowest BCUT2D eigenvalue weighted by Gasteiger charge is -2.11. The van der Waals surface area contributed by atoms with E-state index in [-0.39, 0.29) is 5.75 Å². The van der Waals surface area contributed by atoms with Gasteiger partial charge in [-0.15, -0.1) is 0 Å². The van der Waals surface area contributed by atoms with Crippen LogP contribution in [0.5, 0.6) is 5.75 Å². The molecular formula is C13H12N4O. The van der Waals surface area contributed by atoms with Gasteiger partial charge in [-0.25, -0.2) is 0 Å². The number of nitrogens with zero attached hydrogens (tertiary/aromatic N) is 1. The summed E-state index contributed by atoms with van der Waals surface area (Å²) in [5.41, 5.74) is 14.0. The second-order valence-corrected chi connectivity index (χ2v) is 3.81. The van der Waals surface area contributed by atoms with Crippen LogP contribution in [0, 0.1) is 11.3 Å². The zero-order chi connectivity index (χ0) is 13.1. The number of nitrogens with two attached hydrogens (primary N) is 2. The number of hydrogen-bond acceptors (Lipinski definition) is 5. The molecule has 18 heavy (non-hydrogen) atoms. The molecule has 6 N–H and O–H groups in total. The van der Waals surface area contributed by atoms with Crippen LogP contribution >= 0.6 is 0 Å². The number of nitrogens with one attached hydrogen (secondary N) is 1. The largest absolute Gasteiger partial charge is 0.508 e. The Labute approximate surface area is 104 Å². The fourth-order valence-electron chi connectivity index (χ4n) is 1.56. The molecule has 0 saturated heterocycles. The minimum absolute atomic E-state index is 0.0918. The van der Waals surface area contributed by atoms with Crippen LogP contribution in [0.2, 0.25) is 0 Å². The first kappa shape index (κ1) is 11.6. The molecule has 0 amide bonds. The average Bonchev–Trinajstić information content (AvgIpc) is 2.34. The molecule has 0 aliphatic rings. The highest BCUT2D eigenvalue weighted by Gasteiger charge is 2.06. The zero-order valence-corrected chi connectivity index (χ0v) is 9.51. The summed E-state index contributed by atoms with van der Waals surface area (Å²) in [5, 5.41) is 21.4. The molecule has 5 nitrogen and oxygen atoms in total. The van der Waals surface area contributed by atoms with Crippen molar-refractivity contribution < 1.29 is 5.11 Å². The van der Waals surface area contributed by atoms with Crippen LogP contribution < -0.4 is 16.8 Å². The molecule has 0 fully saturated rings. The van der Waals surface area contributed by atoms with Crippen molar-refractivity contribution in [3.8, 4) is 11.8 Å². The van der Waals surface area contributed by atoms with Crippen molar-refractivity contribution in [2.24, 2.45) is 0 Å². The van der Waals surface area contributed by atoms with Crippen LogP contribution in [0.3, 0.4) is 0 Å². The second kappa shape index (κ2) is 4.55. The Bertz CT molecular complexity index is 631. The van der Waals surface area contributed by atoms with Crippen LogP contribution in [0.25, 0.3) is 0 Å². The first-order valence-electron chi connectivity index (χ1n) is 5.25. The molecule has 0 radical (unpaired) electrons. The van der Waals surface area contributed by atoms with Crippen LogP contribution in [-0.2, 0) is 0 Å². The molecule has 2 rings (SSSR count). The number of benzene rings is 2. The van der Waals surface area contributed by atoms with Crippen molar-refractivity contribution in [1.82, 2.24) is 0 Å². The van der Waals surface area contributed by atoms with E-state index in [1.807, 2.05) is 0 Å². The number of rotatable bonds is 2. The third-order valence-electron chi connectivity index (χ3n) is 2.47. The summed E-state index contributed by atoms with van der Waals surface area (Å²) in [4.78, 5) is 0. The van der Waals surface area contributed by atoms with Crippen LogP contribution in [0.15, 0.2) is 36.4 Å². The van der Waals surface area contributed by atoms with Gasteiger partial charge in [0.1, 0.15) is 11.8 Å². The molecular weight excluding hydrogens is 228 g/mol. The molecule has 5 heteroatoms. The lowest BCUT2D eigenvalue weighted by atomic mass is 10.1. The first-order chi connectivity index (χ1) is 8.60. The Kier molecular flexibility index (Phi) is 2.94. The van der Waals surface area contributed by atoms with Gasteiger partial charge in [-0.2, -0.15) is 5.26 Å². The Morgan fingerprint density at radius 1 is 1.06 bits per heavy atom. The van der Waals surface area contributed by atoms with Gasteiger partial charge in [-0.05, 0) is 30.3 Å². The molecule has 0 unspecified atom stereocenters. The first-order valence-corrected chi connectivity index (χ1v) is 5.25. The van der Waals surface area contributed by atoms with Crippen molar-refractivity contribution in [3.63, 3.8) is 0 Å². The van der Waals surface area contributed by atoms with Gasteiger partial charge < -0.3 is 21.9 Å². The van der Waals surface area contributed by atoms with Gasteiger partial charge in [0.05, 0.1) is 22.6 Å². The fourth-order valence-corrected chi connectivity index (χ4v) is 1.56. The van der Waals surface area contributed by atoms with Crippen LogP contribution in [-0.4, -0.2) is 5.11 Å². The SMILES string of the molecule is N#Cc1ccc(N)cc1Nc1cc(O)ccc1N. The van der Waals surface area contributed by atoms with Crippen molar-refractivity contribution >= 4 is 22.7 Å². The van der Waals surface area contributed by atoms with E-state index in [1.165, 1.54) is 12.1 Å². The quantitative estimate of drug-likeness (QED) is 0.475. The number of phenolic OH excluding ortho intramolecular Hbond substituents is 1. The number of phenols is 1. The molecule has 0 bridgehead atoms. The van der Waals surface area contributed by atoms with Gasteiger partial charge >= 0.3 is 0 Å². The molecule has 2 aromatic rings. The number of nitriles is 1. The molecule has 90 valence electrons. The molecule has 2 aromatic carbocycles. The van der Waals surface area contributed by atoms with Gasteiger partial charge in [-0.1, -0.05) is 0 Å². The summed E-state index contributed by atoms with van der Waals surface area (Å²) in [6.07, 6.45) is 0. The standard InChI is InChI=1S/C13H12N4O/c14-7-8-1-2-9(15)5-12(8)17-13-6-10(18)3-4-11(13)16/h1-6,17-18H,15-16H2. The van der Waals surface area contributed by atoms with Crippen molar-refractivity contribution in [3.05, 3.63) is 42.0 Å². The minimum atomic E-state index is 0.0918. The molecule has 0 aliphatic heterocycles. The highest BCUT2D eigenvalue weighted by Crippen LogP contribution is 2.29. The number of aromatic hydroxyl groups is 1. The second-order valence-electron chi connectivity index (χ2n) is 3.81. The van der Waals surface area contributed by atoms with E-state index in [2.05, 4.69) is 11.4 Å². The number of nitrogen functional groups attached to an aromatic ring is 2. The summed E-state index contributed by atoms with van der Waals surface area (Å²) >= 11 is 0. The van der Waals surface area contributed by atoms with Gasteiger partial charge in [0, 0.05) is 11.8 Å². The zero-order valence-electron chi connectivity index (χ0n) is 9.51. The van der Waals surface area contributed by atoms with E-state index < -0.39 is 0 Å². The van der Waals surface area contributed by atoms with Gasteiger partial charge in [0.25, 0.3) is 0 Å². The third kappa shape index (κ3) is 2.28. The third-order valence-corrected chi connectivity index (χ3v) is 2.47. The minimum Gasteiger partial charge on any atom is -0.508 e. The Balaban J connectivity index is 2.43. The summed E-state index contributed by atoms with van der Waals surface area (Å²) in [5.74, 6) is 0.0918. The summed E-state index contributed by atoms with van der Waals surface area (Å²) in [6.45, 7) is 0. The molecule has 0 atom stereocenters. The number of hydrogen-bond donors (Lipinski definition) is 4. The monoisotopic (exact) mass is 240 g/mol. The topological polar surface area (TPSA) is 108 Å². The van der Waals surface area contributed by atoms with Gasteiger partial charge in [-0.3, -0.25) is 0 Å². The molecule has 0 saturated carbocycles. The maximum absolute atomic E-state index is 9.41. The smallest absolute Gasteiger partial charge is 0.117 e. The molecule has 0 aromatic heterocycles. The molecule has 0 spiro atoms. The lowest BCUT2D eigenvalue weighted by Crippen LogP contribution is -1.99. The highest BCUT2D eigenvalue weighted by molar-refractivity contribution is 5.77. The van der Waals surface area contributed by atoms with E-state index in [0.717, 1.165) is 0 Å². The maximum Gasteiger partial charge on any atom is 0.117 e. The fraction of sp³-hybridized carbons (Fsp3) is 0. The Morgan fingerprint density at radius 2 is 1.83 bits per heavy atom. The van der Waals surface area contributed by atoms with Crippen molar-refractivity contribution in [2.45, 2.75) is 0 Å². The van der Waals surface area contributed by atoms with Crippen LogP contribution in [0.1, 0.15) is 5.56 Å². The van der Waals surface area contributed by atoms with E-state index in [1.54, 1.807) is 24.3 Å². The average molecular weight is 240 g/mol. The predicted molar refractivity (Wildman–Crippen MR) is 71.4 cm³/mol. The summed E-state index contributed by atoms with van der Waals surface area (Å²) < 4.78 is 0. The number of anilines is 4. The Hall–Kier alpha value is -2.87. The lowest BCUT2D eigenvalue weighted by molar-refractivity contribution is 0.475.